The van der Waals surface area contributed by atoms with Crippen molar-refractivity contribution < 1.29 is 4.79 Å². The van der Waals surface area contributed by atoms with E-state index in [1.807, 2.05) is 42.6 Å². The number of pyridine rings is 1. The summed E-state index contributed by atoms with van der Waals surface area (Å²) in [7, 11) is 0. The third-order valence-corrected chi connectivity index (χ3v) is 3.77. The molecule has 0 radical (unpaired) electrons. The molecular weight excluding hydrogens is 288 g/mol. The Bertz CT molecular complexity index is 848. The molecule has 5 nitrogen and oxygen atoms in total. The van der Waals surface area contributed by atoms with Crippen molar-refractivity contribution in [2.75, 3.05) is 0 Å². The normalized spacial score (nSPS) is 11.8. The maximum absolute atomic E-state index is 12.3. The number of hydrogen-bond donors (Lipinski definition) is 2. The molecule has 0 spiro atoms. The van der Waals surface area contributed by atoms with Crippen LogP contribution >= 0.6 is 0 Å². The van der Waals surface area contributed by atoms with E-state index in [0.29, 0.717) is 13.0 Å². The first-order valence-electron chi connectivity index (χ1n) is 7.39. The van der Waals surface area contributed by atoms with E-state index in [1.165, 1.54) is 0 Å². The first-order chi connectivity index (χ1) is 11.3. The fraction of sp³-hybridized carbons (Fsp3) is 0.167. The lowest BCUT2D eigenvalue weighted by molar-refractivity contribution is -0.123. The zero-order valence-electron chi connectivity index (χ0n) is 12.5. The van der Waals surface area contributed by atoms with Crippen LogP contribution in [0.25, 0.3) is 10.9 Å². The number of nitrogens with zero attached hydrogens (tertiary/aromatic N) is 2. The fourth-order valence-corrected chi connectivity index (χ4v) is 2.56. The molecule has 5 heteroatoms. The van der Waals surface area contributed by atoms with E-state index in [2.05, 4.69) is 21.4 Å². The Morgan fingerprint density at radius 2 is 2.22 bits per heavy atom. The Morgan fingerprint density at radius 1 is 1.30 bits per heavy atom. The number of aromatic nitrogens is 2. The zero-order valence-corrected chi connectivity index (χ0v) is 12.5. The Hall–Kier alpha value is -3.13. The highest BCUT2D eigenvalue weighted by atomic mass is 16.1. The summed E-state index contributed by atoms with van der Waals surface area (Å²) in [6.07, 6.45) is 5.63. The van der Waals surface area contributed by atoms with Crippen molar-refractivity contribution in [2.24, 2.45) is 5.92 Å². The predicted molar refractivity (Wildman–Crippen MR) is 87.2 cm³/mol. The van der Waals surface area contributed by atoms with E-state index in [4.69, 9.17) is 0 Å². The molecule has 0 aliphatic heterocycles. The van der Waals surface area contributed by atoms with Crippen LogP contribution in [0.3, 0.4) is 0 Å². The van der Waals surface area contributed by atoms with Gasteiger partial charge in [0, 0.05) is 36.0 Å². The molecule has 0 bridgehead atoms. The van der Waals surface area contributed by atoms with Crippen LogP contribution in [-0.2, 0) is 17.8 Å². The minimum Gasteiger partial charge on any atom is -0.361 e. The van der Waals surface area contributed by atoms with Gasteiger partial charge in [0.1, 0.15) is 5.92 Å². The monoisotopic (exact) mass is 304 g/mol. The van der Waals surface area contributed by atoms with Crippen LogP contribution in [0.15, 0.2) is 55.0 Å². The Kier molecular flexibility index (Phi) is 4.34. The number of rotatable bonds is 5. The van der Waals surface area contributed by atoms with E-state index >= 15 is 0 Å². The molecule has 3 rings (SSSR count). The third-order valence-electron chi connectivity index (χ3n) is 3.77. The Balaban J connectivity index is 1.69. The molecule has 0 fully saturated rings. The van der Waals surface area contributed by atoms with Crippen molar-refractivity contribution in [3.05, 3.63) is 66.1 Å². The van der Waals surface area contributed by atoms with Crippen LogP contribution in [-0.4, -0.2) is 15.9 Å². The molecule has 0 saturated carbocycles. The lowest BCUT2D eigenvalue weighted by atomic mass is 9.97. The van der Waals surface area contributed by atoms with Gasteiger partial charge in [0.25, 0.3) is 0 Å². The zero-order chi connectivity index (χ0) is 16.1. The van der Waals surface area contributed by atoms with Gasteiger partial charge >= 0.3 is 0 Å². The van der Waals surface area contributed by atoms with Gasteiger partial charge in [0.2, 0.25) is 5.91 Å². The molecule has 2 heterocycles. The van der Waals surface area contributed by atoms with Gasteiger partial charge in [0.05, 0.1) is 6.07 Å². The van der Waals surface area contributed by atoms with Gasteiger partial charge < -0.3 is 10.3 Å². The second-order valence-corrected chi connectivity index (χ2v) is 5.32. The number of nitriles is 1. The number of amides is 1. The predicted octanol–water partition coefficient (Wildman–Crippen LogP) is 2.56. The topological polar surface area (TPSA) is 81.6 Å². The van der Waals surface area contributed by atoms with Crippen molar-refractivity contribution in [1.82, 2.24) is 15.3 Å². The van der Waals surface area contributed by atoms with Gasteiger partial charge in [-0.05, 0) is 35.7 Å². The highest BCUT2D eigenvalue weighted by molar-refractivity contribution is 5.85. The summed E-state index contributed by atoms with van der Waals surface area (Å²) >= 11 is 0. The lowest BCUT2D eigenvalue weighted by Crippen LogP contribution is -2.30. The quantitative estimate of drug-likeness (QED) is 0.760. The molecule has 0 saturated heterocycles. The van der Waals surface area contributed by atoms with E-state index in [1.54, 1.807) is 12.4 Å². The second kappa shape index (κ2) is 6.75. The summed E-state index contributed by atoms with van der Waals surface area (Å²) in [4.78, 5) is 19.4. The number of carbonyl (C=O) groups is 1. The molecule has 0 aliphatic rings. The van der Waals surface area contributed by atoms with Gasteiger partial charge in [-0.25, -0.2) is 0 Å². The average molecular weight is 304 g/mol. The van der Waals surface area contributed by atoms with Crippen LogP contribution in [0.5, 0.6) is 0 Å². The molecule has 2 N–H and O–H groups in total. The molecule has 23 heavy (non-hydrogen) atoms. The van der Waals surface area contributed by atoms with Crippen molar-refractivity contribution in [3.8, 4) is 6.07 Å². The van der Waals surface area contributed by atoms with Crippen LogP contribution in [0.4, 0.5) is 0 Å². The fourth-order valence-electron chi connectivity index (χ4n) is 2.56. The van der Waals surface area contributed by atoms with Gasteiger partial charge in [-0.2, -0.15) is 5.26 Å². The number of carbonyl (C=O) groups excluding carboxylic acids is 1. The highest BCUT2D eigenvalue weighted by Crippen LogP contribution is 2.20. The maximum Gasteiger partial charge on any atom is 0.237 e. The number of benzene rings is 1. The van der Waals surface area contributed by atoms with Crippen molar-refractivity contribution in [3.63, 3.8) is 0 Å². The second-order valence-electron chi connectivity index (χ2n) is 5.32. The summed E-state index contributed by atoms with van der Waals surface area (Å²) in [5, 5.41) is 13.2. The minimum atomic E-state index is -0.716. The first-order valence-corrected chi connectivity index (χ1v) is 7.39. The van der Waals surface area contributed by atoms with Crippen LogP contribution in [0.2, 0.25) is 0 Å². The minimum absolute atomic E-state index is 0.260. The van der Waals surface area contributed by atoms with Gasteiger partial charge in [-0.15, -0.1) is 0 Å². The van der Waals surface area contributed by atoms with E-state index < -0.39 is 5.92 Å². The van der Waals surface area contributed by atoms with Crippen LogP contribution < -0.4 is 5.32 Å². The molecule has 2 aromatic heterocycles. The number of aromatic amines is 1. The Labute approximate surface area is 134 Å². The molecular formula is C18H16N4O. The van der Waals surface area contributed by atoms with E-state index in [9.17, 15) is 10.1 Å². The number of H-pyrrole nitrogens is 1. The van der Waals surface area contributed by atoms with E-state index in [-0.39, 0.29) is 5.91 Å². The standard InChI is InChI=1S/C18H16N4O/c19-10-15(18(23)22-12-13-3-2-7-20-11-13)9-14-4-1-5-17-16(14)6-8-21-17/h1-8,11,15,21H,9,12H2,(H,22,23)/t15-/m0/s1. The van der Waals surface area contributed by atoms with Crippen molar-refractivity contribution in [2.45, 2.75) is 13.0 Å². The maximum atomic E-state index is 12.3. The van der Waals surface area contributed by atoms with Crippen LogP contribution in [0.1, 0.15) is 11.1 Å². The first kappa shape index (κ1) is 14.8. The summed E-state index contributed by atoms with van der Waals surface area (Å²) in [6.45, 7) is 0.374. The lowest BCUT2D eigenvalue weighted by Gasteiger charge is -2.11. The molecule has 0 unspecified atom stereocenters. The molecule has 0 aliphatic carbocycles. The molecule has 1 atom stereocenters. The third kappa shape index (κ3) is 3.38. The number of nitrogens with one attached hydrogen (secondary N) is 2. The van der Waals surface area contributed by atoms with Crippen LogP contribution in [0, 0.1) is 17.2 Å². The Morgan fingerprint density at radius 3 is 3.00 bits per heavy atom. The molecule has 114 valence electrons. The summed E-state index contributed by atoms with van der Waals surface area (Å²) < 4.78 is 0. The van der Waals surface area contributed by atoms with E-state index in [0.717, 1.165) is 22.0 Å². The number of fused-ring (bicyclic) bond motifs is 1. The van der Waals surface area contributed by atoms with Crippen molar-refractivity contribution in [1.29, 1.82) is 5.26 Å². The summed E-state index contributed by atoms with van der Waals surface area (Å²) in [5.74, 6) is -0.976. The number of hydrogen-bond acceptors (Lipinski definition) is 3. The average Bonchev–Trinajstić information content (AvgIpc) is 3.08. The van der Waals surface area contributed by atoms with Crippen molar-refractivity contribution >= 4 is 16.8 Å². The largest absolute Gasteiger partial charge is 0.361 e. The van der Waals surface area contributed by atoms with Gasteiger partial charge in [-0.1, -0.05) is 18.2 Å². The smallest absolute Gasteiger partial charge is 0.237 e. The molecule has 1 aromatic carbocycles. The highest BCUT2D eigenvalue weighted by Gasteiger charge is 2.19. The SMILES string of the molecule is N#C[C@H](Cc1cccc2[nH]ccc12)C(=O)NCc1cccnc1. The van der Waals surface area contributed by atoms with Gasteiger partial charge in [0.15, 0.2) is 0 Å². The molecule has 1 amide bonds. The van der Waals surface area contributed by atoms with Gasteiger partial charge in [-0.3, -0.25) is 9.78 Å². The summed E-state index contributed by atoms with van der Waals surface area (Å²) in [6, 6.07) is 13.6. The molecule has 3 aromatic rings. The summed E-state index contributed by atoms with van der Waals surface area (Å²) in [5.41, 5.74) is 2.91.